The molecule has 28 heavy (non-hydrogen) atoms. The van der Waals surface area contributed by atoms with Crippen LogP contribution in [-0.2, 0) is 16.4 Å². The van der Waals surface area contributed by atoms with Crippen LogP contribution in [0.25, 0.3) is 10.8 Å². The first kappa shape index (κ1) is 20.3. The molecule has 0 saturated carbocycles. The van der Waals surface area contributed by atoms with E-state index in [0.717, 1.165) is 10.8 Å². The minimum Gasteiger partial charge on any atom is -0.286 e. The van der Waals surface area contributed by atoms with Gasteiger partial charge in [0, 0.05) is 36.8 Å². The van der Waals surface area contributed by atoms with Crippen LogP contribution >= 0.6 is 0 Å². The molecule has 0 saturated heterocycles. The van der Waals surface area contributed by atoms with Gasteiger partial charge in [-0.15, -0.1) is 0 Å². The lowest BCUT2D eigenvalue weighted by molar-refractivity contribution is 0.266. The maximum Gasteiger partial charge on any atom is 0.240 e. The van der Waals surface area contributed by atoms with Crippen molar-refractivity contribution in [1.29, 1.82) is 0 Å². The zero-order chi connectivity index (χ0) is 20.1. The van der Waals surface area contributed by atoms with E-state index >= 15 is 0 Å². The predicted octanol–water partition coefficient (Wildman–Crippen LogP) is 3.17. The number of pyridine rings is 1. The van der Waals surface area contributed by atoms with Crippen molar-refractivity contribution in [3.05, 3.63) is 72.3 Å². The molecular weight excluding hydrogens is 384 g/mol. The Morgan fingerprint density at radius 2 is 1.93 bits per heavy atom. The summed E-state index contributed by atoms with van der Waals surface area (Å²) in [5.41, 5.74) is 0.527. The van der Waals surface area contributed by atoms with E-state index in [9.17, 15) is 17.2 Å². The van der Waals surface area contributed by atoms with Gasteiger partial charge in [0.1, 0.15) is 5.82 Å². The van der Waals surface area contributed by atoms with Crippen molar-refractivity contribution >= 4 is 20.8 Å². The van der Waals surface area contributed by atoms with Gasteiger partial charge in [-0.05, 0) is 48.2 Å². The number of hydrogen-bond donors (Lipinski definition) is 2. The molecule has 0 amide bonds. The standard InChI is InChI=1S/C20H21F2N3O2S/c1-14(12-24-20(22)10-15-3-2-4-18(21)9-15)25-28(26,27)19-6-5-17-13-23-8-7-16(17)11-19/h2-9,11,13-14,20,24-25H,10,12H2,1H3. The Bertz CT molecular complexity index is 1060. The third-order valence-corrected chi connectivity index (χ3v) is 5.82. The first-order chi connectivity index (χ1) is 13.3. The highest BCUT2D eigenvalue weighted by molar-refractivity contribution is 7.89. The van der Waals surface area contributed by atoms with Crippen LogP contribution in [0.15, 0.2) is 65.8 Å². The Morgan fingerprint density at radius 1 is 1.11 bits per heavy atom. The van der Waals surface area contributed by atoms with Crippen molar-refractivity contribution in [1.82, 2.24) is 15.0 Å². The number of aromatic nitrogens is 1. The Hall–Kier alpha value is -2.42. The smallest absolute Gasteiger partial charge is 0.240 e. The average Bonchev–Trinajstić information content (AvgIpc) is 2.66. The molecule has 0 radical (unpaired) electrons. The molecule has 0 bridgehead atoms. The maximum absolute atomic E-state index is 14.1. The average molecular weight is 405 g/mol. The van der Waals surface area contributed by atoms with Gasteiger partial charge in [0.15, 0.2) is 6.30 Å². The molecule has 2 unspecified atom stereocenters. The first-order valence-electron chi connectivity index (χ1n) is 8.81. The van der Waals surface area contributed by atoms with E-state index in [1.54, 1.807) is 43.6 Å². The summed E-state index contributed by atoms with van der Waals surface area (Å²) in [6.45, 7) is 1.73. The van der Waals surface area contributed by atoms with Gasteiger partial charge >= 0.3 is 0 Å². The monoisotopic (exact) mass is 405 g/mol. The molecule has 2 atom stereocenters. The van der Waals surface area contributed by atoms with Crippen LogP contribution in [0.3, 0.4) is 0 Å². The van der Waals surface area contributed by atoms with E-state index in [-0.39, 0.29) is 17.9 Å². The normalized spacial score (nSPS) is 14.1. The van der Waals surface area contributed by atoms with Crippen molar-refractivity contribution in [3.8, 4) is 0 Å². The lowest BCUT2D eigenvalue weighted by Crippen LogP contribution is -2.42. The summed E-state index contributed by atoms with van der Waals surface area (Å²) in [7, 11) is -3.75. The summed E-state index contributed by atoms with van der Waals surface area (Å²) < 4.78 is 54.9. The fraction of sp³-hybridized carbons (Fsp3) is 0.250. The Labute approximate surface area is 162 Å². The number of nitrogens with zero attached hydrogens (tertiary/aromatic N) is 1. The molecule has 1 aromatic heterocycles. The highest BCUT2D eigenvalue weighted by Gasteiger charge is 2.18. The fourth-order valence-electron chi connectivity index (χ4n) is 2.85. The quantitative estimate of drug-likeness (QED) is 0.565. The van der Waals surface area contributed by atoms with Gasteiger partial charge in [-0.2, -0.15) is 0 Å². The van der Waals surface area contributed by atoms with Gasteiger partial charge in [0.2, 0.25) is 10.0 Å². The molecule has 0 aliphatic heterocycles. The second-order valence-corrected chi connectivity index (χ2v) is 8.33. The van der Waals surface area contributed by atoms with Gasteiger partial charge in [0.05, 0.1) is 4.90 Å². The van der Waals surface area contributed by atoms with Crippen LogP contribution in [0, 0.1) is 5.82 Å². The highest BCUT2D eigenvalue weighted by atomic mass is 32.2. The van der Waals surface area contributed by atoms with E-state index in [4.69, 9.17) is 0 Å². The van der Waals surface area contributed by atoms with E-state index in [1.807, 2.05) is 0 Å². The molecule has 2 aromatic carbocycles. The number of halogens is 2. The van der Waals surface area contributed by atoms with Crippen molar-refractivity contribution in [2.45, 2.75) is 30.6 Å². The largest absolute Gasteiger partial charge is 0.286 e. The molecule has 2 N–H and O–H groups in total. The predicted molar refractivity (Wildman–Crippen MR) is 105 cm³/mol. The van der Waals surface area contributed by atoms with Gasteiger partial charge in [0.25, 0.3) is 0 Å². The van der Waals surface area contributed by atoms with E-state index < -0.39 is 28.2 Å². The van der Waals surface area contributed by atoms with Crippen LogP contribution in [-0.4, -0.2) is 32.3 Å². The van der Waals surface area contributed by atoms with Gasteiger partial charge in [-0.3, -0.25) is 10.3 Å². The van der Waals surface area contributed by atoms with Crippen LogP contribution < -0.4 is 10.0 Å². The number of sulfonamides is 1. The number of rotatable bonds is 8. The second-order valence-electron chi connectivity index (χ2n) is 6.62. The summed E-state index contributed by atoms with van der Waals surface area (Å²) in [6.07, 6.45) is 1.84. The molecule has 3 aromatic rings. The van der Waals surface area contributed by atoms with Crippen molar-refractivity contribution in [2.75, 3.05) is 6.54 Å². The minimum atomic E-state index is -3.75. The molecule has 148 valence electrons. The summed E-state index contributed by atoms with van der Waals surface area (Å²) in [5.74, 6) is -0.419. The van der Waals surface area contributed by atoms with Crippen LogP contribution in [0.4, 0.5) is 8.78 Å². The molecular formula is C20H21F2N3O2S. The van der Waals surface area contributed by atoms with E-state index in [1.165, 1.54) is 24.3 Å². The molecule has 0 fully saturated rings. The number of alkyl halides is 1. The molecule has 0 aliphatic rings. The molecule has 3 rings (SSSR count). The Kier molecular flexibility index (Phi) is 6.33. The molecule has 5 nitrogen and oxygen atoms in total. The van der Waals surface area contributed by atoms with E-state index in [0.29, 0.717) is 5.56 Å². The fourth-order valence-corrected chi connectivity index (χ4v) is 4.13. The second kappa shape index (κ2) is 8.72. The van der Waals surface area contributed by atoms with Crippen molar-refractivity contribution < 1.29 is 17.2 Å². The van der Waals surface area contributed by atoms with Crippen molar-refractivity contribution in [3.63, 3.8) is 0 Å². The number of benzene rings is 2. The van der Waals surface area contributed by atoms with Crippen molar-refractivity contribution in [2.24, 2.45) is 0 Å². The molecule has 0 spiro atoms. The Balaban J connectivity index is 1.57. The summed E-state index contributed by atoms with van der Waals surface area (Å²) in [5, 5.41) is 4.24. The van der Waals surface area contributed by atoms with Crippen LogP contribution in [0.1, 0.15) is 12.5 Å². The molecule has 8 heteroatoms. The van der Waals surface area contributed by atoms with Gasteiger partial charge in [-0.1, -0.05) is 18.2 Å². The number of hydrogen-bond acceptors (Lipinski definition) is 4. The number of fused-ring (bicyclic) bond motifs is 1. The topological polar surface area (TPSA) is 71.1 Å². The zero-order valence-electron chi connectivity index (χ0n) is 15.3. The third kappa shape index (κ3) is 5.31. The van der Waals surface area contributed by atoms with Gasteiger partial charge < -0.3 is 0 Å². The minimum absolute atomic E-state index is 0.00403. The van der Waals surface area contributed by atoms with E-state index in [2.05, 4.69) is 15.0 Å². The lowest BCUT2D eigenvalue weighted by Gasteiger charge is -2.17. The summed E-state index contributed by atoms with van der Waals surface area (Å²) in [6, 6.07) is 11.7. The lowest BCUT2D eigenvalue weighted by atomic mass is 10.1. The number of nitrogens with one attached hydrogen (secondary N) is 2. The molecule has 0 aliphatic carbocycles. The van der Waals surface area contributed by atoms with Crippen LogP contribution in [0.2, 0.25) is 0 Å². The summed E-state index contributed by atoms with van der Waals surface area (Å²) >= 11 is 0. The zero-order valence-corrected chi connectivity index (χ0v) is 16.1. The SMILES string of the molecule is CC(CNC(F)Cc1cccc(F)c1)NS(=O)(=O)c1ccc2cnccc2c1. The van der Waals surface area contributed by atoms with Gasteiger partial charge in [-0.25, -0.2) is 21.9 Å². The summed E-state index contributed by atoms with van der Waals surface area (Å²) in [4.78, 5) is 4.13. The highest BCUT2D eigenvalue weighted by Crippen LogP contribution is 2.18. The first-order valence-corrected chi connectivity index (χ1v) is 10.3. The maximum atomic E-state index is 14.1. The Morgan fingerprint density at radius 3 is 2.71 bits per heavy atom. The third-order valence-electron chi connectivity index (χ3n) is 4.23. The van der Waals surface area contributed by atoms with Crippen LogP contribution in [0.5, 0.6) is 0 Å². The molecule has 1 heterocycles.